The lowest BCUT2D eigenvalue weighted by molar-refractivity contribution is -0.141. The minimum Gasteiger partial charge on any atom is -0.481 e. The van der Waals surface area contributed by atoms with Crippen LogP contribution in [0.4, 0.5) is 4.79 Å². The molecule has 0 radical (unpaired) electrons. The first-order chi connectivity index (χ1) is 9.02. The van der Waals surface area contributed by atoms with Crippen LogP contribution in [0.25, 0.3) is 0 Å². The summed E-state index contributed by atoms with van der Waals surface area (Å²) < 4.78 is 10.3. The van der Waals surface area contributed by atoms with Crippen molar-refractivity contribution in [3.8, 4) is 0 Å². The van der Waals surface area contributed by atoms with Crippen molar-refractivity contribution in [2.45, 2.75) is 31.9 Å². The SMILES string of the molecule is COCCC(C)NC(=O)N1CCOC(CC(=O)O)C1. The Morgan fingerprint density at radius 3 is 2.95 bits per heavy atom. The highest BCUT2D eigenvalue weighted by molar-refractivity contribution is 5.75. The fourth-order valence-electron chi connectivity index (χ4n) is 1.89. The van der Waals surface area contributed by atoms with Crippen molar-refractivity contribution in [2.24, 2.45) is 0 Å². The molecule has 0 aromatic rings. The minimum absolute atomic E-state index is 0.0215. The molecular formula is C12H22N2O5. The topological polar surface area (TPSA) is 88.1 Å². The van der Waals surface area contributed by atoms with Crippen LogP contribution < -0.4 is 5.32 Å². The Kier molecular flexibility index (Phi) is 6.58. The highest BCUT2D eigenvalue weighted by Crippen LogP contribution is 2.09. The fourth-order valence-corrected chi connectivity index (χ4v) is 1.89. The normalized spacial score (nSPS) is 20.9. The van der Waals surface area contributed by atoms with Gasteiger partial charge in [0.25, 0.3) is 0 Å². The van der Waals surface area contributed by atoms with Crippen molar-refractivity contribution in [3.05, 3.63) is 0 Å². The molecular weight excluding hydrogens is 252 g/mol. The highest BCUT2D eigenvalue weighted by atomic mass is 16.5. The number of carboxylic acids is 1. The van der Waals surface area contributed by atoms with E-state index in [4.69, 9.17) is 14.6 Å². The van der Waals surface area contributed by atoms with Gasteiger partial charge in [0.05, 0.1) is 19.1 Å². The molecule has 0 saturated carbocycles. The predicted octanol–water partition coefficient (Wildman–Crippen LogP) is 0.297. The summed E-state index contributed by atoms with van der Waals surface area (Å²) in [6.45, 7) is 3.67. The number of hydrogen-bond acceptors (Lipinski definition) is 4. The average molecular weight is 274 g/mol. The number of ether oxygens (including phenoxy) is 2. The summed E-state index contributed by atoms with van der Waals surface area (Å²) in [5.41, 5.74) is 0. The van der Waals surface area contributed by atoms with Gasteiger partial charge in [0.15, 0.2) is 0 Å². The van der Waals surface area contributed by atoms with Crippen molar-refractivity contribution in [2.75, 3.05) is 33.4 Å². The highest BCUT2D eigenvalue weighted by Gasteiger charge is 2.26. The number of morpholine rings is 1. The van der Waals surface area contributed by atoms with E-state index in [2.05, 4.69) is 5.32 Å². The lowest BCUT2D eigenvalue weighted by atomic mass is 10.2. The van der Waals surface area contributed by atoms with Crippen LogP contribution in [0, 0.1) is 0 Å². The van der Waals surface area contributed by atoms with E-state index in [1.165, 1.54) is 0 Å². The molecule has 110 valence electrons. The van der Waals surface area contributed by atoms with Crippen LogP contribution in [-0.2, 0) is 14.3 Å². The molecule has 1 heterocycles. The van der Waals surface area contributed by atoms with Gasteiger partial charge in [0, 0.05) is 32.8 Å². The molecule has 1 aliphatic rings. The maximum atomic E-state index is 12.0. The van der Waals surface area contributed by atoms with Crippen LogP contribution in [0.15, 0.2) is 0 Å². The lowest BCUT2D eigenvalue weighted by Crippen LogP contribution is -2.51. The number of carboxylic acid groups (broad SMARTS) is 1. The second-order valence-electron chi connectivity index (χ2n) is 4.67. The minimum atomic E-state index is -0.916. The second-order valence-corrected chi connectivity index (χ2v) is 4.67. The Morgan fingerprint density at radius 1 is 1.58 bits per heavy atom. The third kappa shape index (κ3) is 5.89. The van der Waals surface area contributed by atoms with Crippen molar-refractivity contribution < 1.29 is 24.2 Å². The third-order valence-electron chi connectivity index (χ3n) is 2.95. The molecule has 2 amide bonds. The molecule has 1 fully saturated rings. The van der Waals surface area contributed by atoms with Crippen molar-refractivity contribution >= 4 is 12.0 Å². The van der Waals surface area contributed by atoms with Crippen LogP contribution in [0.3, 0.4) is 0 Å². The van der Waals surface area contributed by atoms with Gasteiger partial charge in [-0.05, 0) is 13.3 Å². The van der Waals surface area contributed by atoms with E-state index in [-0.39, 0.29) is 18.5 Å². The van der Waals surface area contributed by atoms with Gasteiger partial charge in [-0.15, -0.1) is 0 Å². The largest absolute Gasteiger partial charge is 0.481 e. The van der Waals surface area contributed by atoms with E-state index in [0.717, 1.165) is 6.42 Å². The van der Waals surface area contributed by atoms with Crippen LogP contribution in [0.5, 0.6) is 0 Å². The number of hydrogen-bond donors (Lipinski definition) is 2. The average Bonchev–Trinajstić information content (AvgIpc) is 2.35. The smallest absolute Gasteiger partial charge is 0.317 e. The molecule has 2 unspecified atom stereocenters. The monoisotopic (exact) mass is 274 g/mol. The molecule has 0 spiro atoms. The van der Waals surface area contributed by atoms with Crippen molar-refractivity contribution in [3.63, 3.8) is 0 Å². The molecule has 0 aromatic heterocycles. The molecule has 0 bridgehead atoms. The molecule has 19 heavy (non-hydrogen) atoms. The Labute approximate surface area is 112 Å². The van der Waals surface area contributed by atoms with E-state index < -0.39 is 12.1 Å². The first-order valence-corrected chi connectivity index (χ1v) is 6.40. The summed E-state index contributed by atoms with van der Waals surface area (Å²) in [5, 5.41) is 11.6. The number of carbonyl (C=O) groups is 2. The predicted molar refractivity (Wildman–Crippen MR) is 68.1 cm³/mol. The molecule has 1 rings (SSSR count). The zero-order valence-corrected chi connectivity index (χ0v) is 11.4. The summed E-state index contributed by atoms with van der Waals surface area (Å²) in [7, 11) is 1.62. The van der Waals surface area contributed by atoms with Gasteiger partial charge in [0.2, 0.25) is 0 Å². The molecule has 7 nitrogen and oxygen atoms in total. The quantitative estimate of drug-likeness (QED) is 0.727. The van der Waals surface area contributed by atoms with Gasteiger partial charge in [-0.25, -0.2) is 4.79 Å². The van der Waals surface area contributed by atoms with E-state index in [0.29, 0.717) is 26.3 Å². The zero-order chi connectivity index (χ0) is 14.3. The van der Waals surface area contributed by atoms with Gasteiger partial charge in [-0.3, -0.25) is 4.79 Å². The maximum Gasteiger partial charge on any atom is 0.317 e. The van der Waals surface area contributed by atoms with Crippen LogP contribution >= 0.6 is 0 Å². The first-order valence-electron chi connectivity index (χ1n) is 6.40. The summed E-state index contributed by atoms with van der Waals surface area (Å²) in [6.07, 6.45) is 0.236. The molecule has 2 N–H and O–H groups in total. The Bertz CT molecular complexity index is 310. The molecule has 0 aromatic carbocycles. The van der Waals surface area contributed by atoms with Crippen LogP contribution in [-0.4, -0.2) is 67.6 Å². The van der Waals surface area contributed by atoms with Crippen molar-refractivity contribution in [1.82, 2.24) is 10.2 Å². The first kappa shape index (κ1) is 15.7. The second kappa shape index (κ2) is 7.96. The lowest BCUT2D eigenvalue weighted by Gasteiger charge is -2.33. The number of nitrogens with zero attached hydrogens (tertiary/aromatic N) is 1. The van der Waals surface area contributed by atoms with E-state index in [9.17, 15) is 9.59 Å². The number of aliphatic carboxylic acids is 1. The van der Waals surface area contributed by atoms with E-state index >= 15 is 0 Å². The van der Waals surface area contributed by atoms with E-state index in [1.54, 1.807) is 12.0 Å². The molecule has 0 aliphatic carbocycles. The number of urea groups is 1. The zero-order valence-electron chi connectivity index (χ0n) is 11.4. The van der Waals surface area contributed by atoms with E-state index in [1.807, 2.05) is 6.92 Å². The molecule has 7 heteroatoms. The van der Waals surface area contributed by atoms with Gasteiger partial charge < -0.3 is 24.8 Å². The van der Waals surface area contributed by atoms with Gasteiger partial charge >= 0.3 is 12.0 Å². The van der Waals surface area contributed by atoms with Crippen molar-refractivity contribution in [1.29, 1.82) is 0 Å². The van der Waals surface area contributed by atoms with Crippen LogP contribution in [0.1, 0.15) is 19.8 Å². The Balaban J connectivity index is 2.37. The summed E-state index contributed by atoms with van der Waals surface area (Å²) in [5.74, 6) is -0.916. The van der Waals surface area contributed by atoms with Gasteiger partial charge in [-0.1, -0.05) is 0 Å². The Hall–Kier alpha value is -1.34. The maximum absolute atomic E-state index is 12.0. The number of nitrogens with one attached hydrogen (secondary N) is 1. The fraction of sp³-hybridized carbons (Fsp3) is 0.833. The Morgan fingerprint density at radius 2 is 2.32 bits per heavy atom. The standard InChI is InChI=1S/C12H22N2O5/c1-9(3-5-18-2)13-12(17)14-4-6-19-10(8-14)7-11(15)16/h9-10H,3-8H2,1-2H3,(H,13,17)(H,15,16). The summed E-state index contributed by atoms with van der Waals surface area (Å²) in [4.78, 5) is 24.2. The number of amides is 2. The number of rotatable bonds is 6. The molecule has 2 atom stereocenters. The number of methoxy groups -OCH3 is 1. The van der Waals surface area contributed by atoms with Gasteiger partial charge in [0.1, 0.15) is 0 Å². The summed E-state index contributed by atoms with van der Waals surface area (Å²) >= 11 is 0. The van der Waals surface area contributed by atoms with Gasteiger partial charge in [-0.2, -0.15) is 0 Å². The molecule has 1 saturated heterocycles. The summed E-state index contributed by atoms with van der Waals surface area (Å²) in [6, 6.07) is -0.157. The third-order valence-corrected chi connectivity index (χ3v) is 2.95. The number of carbonyl (C=O) groups excluding carboxylic acids is 1. The van der Waals surface area contributed by atoms with Crippen LogP contribution in [0.2, 0.25) is 0 Å². The molecule has 1 aliphatic heterocycles.